The van der Waals surface area contributed by atoms with Gasteiger partial charge >= 0.3 is 12.1 Å². The molecule has 180 valence electrons. The van der Waals surface area contributed by atoms with E-state index in [1.807, 2.05) is 18.7 Å². The third-order valence-corrected chi connectivity index (χ3v) is 6.51. The monoisotopic (exact) mass is 490 g/mol. The Labute approximate surface area is 187 Å². The summed E-state index contributed by atoms with van der Waals surface area (Å²) < 4.78 is 77.9. The summed E-state index contributed by atoms with van der Waals surface area (Å²) in [5, 5.41) is 9.06. The summed E-state index contributed by atoms with van der Waals surface area (Å²) in [6.07, 6.45) is -3.42. The Bertz CT molecular complexity index is 1170. The molecule has 13 heteroatoms. The highest BCUT2D eigenvalue weighted by molar-refractivity contribution is 7.90. The van der Waals surface area contributed by atoms with Gasteiger partial charge in [-0.3, -0.25) is 0 Å². The van der Waals surface area contributed by atoms with Gasteiger partial charge in [0, 0.05) is 37.8 Å². The Hall–Kier alpha value is -2.96. The van der Waals surface area contributed by atoms with E-state index in [0.29, 0.717) is 11.9 Å². The second-order valence-corrected chi connectivity index (χ2v) is 10.1. The van der Waals surface area contributed by atoms with Gasteiger partial charge in [0.2, 0.25) is 5.95 Å². The number of nitrogens with zero attached hydrogens (tertiary/aromatic N) is 4. The first-order valence-electron chi connectivity index (χ1n) is 9.89. The fourth-order valence-electron chi connectivity index (χ4n) is 3.72. The van der Waals surface area contributed by atoms with Crippen molar-refractivity contribution < 1.29 is 35.9 Å². The zero-order valence-electron chi connectivity index (χ0n) is 18.0. The van der Waals surface area contributed by atoms with Crippen molar-refractivity contribution in [3.8, 4) is 0 Å². The second-order valence-electron chi connectivity index (χ2n) is 8.07. The van der Waals surface area contributed by atoms with Gasteiger partial charge in [-0.1, -0.05) is 13.8 Å². The maximum atomic E-state index is 14.0. The second kappa shape index (κ2) is 8.76. The summed E-state index contributed by atoms with van der Waals surface area (Å²) in [6.45, 7) is 4.42. The van der Waals surface area contributed by atoms with Gasteiger partial charge in [-0.15, -0.1) is 0 Å². The SMILES string of the molecule is CC(C)[C@@H]1CN(c2ccc(F)c(S(C)(=O)=O)c2)CCN1c1ncc(C(=O)O)c(C(F)(F)F)n1. The molecule has 1 saturated heterocycles. The van der Waals surface area contributed by atoms with Crippen molar-refractivity contribution in [2.75, 3.05) is 35.7 Å². The van der Waals surface area contributed by atoms with Crippen molar-refractivity contribution in [2.45, 2.75) is 31.0 Å². The van der Waals surface area contributed by atoms with E-state index in [0.717, 1.165) is 12.3 Å². The molecular weight excluding hydrogens is 468 g/mol. The molecular formula is C20H22F4N4O4S. The molecule has 1 aliphatic heterocycles. The highest BCUT2D eigenvalue weighted by atomic mass is 32.2. The van der Waals surface area contributed by atoms with Crippen LogP contribution in [-0.2, 0) is 16.0 Å². The summed E-state index contributed by atoms with van der Waals surface area (Å²) in [7, 11) is -3.79. The predicted molar refractivity (Wildman–Crippen MR) is 112 cm³/mol. The minimum absolute atomic E-state index is 0.0836. The number of carbonyl (C=O) groups is 1. The summed E-state index contributed by atoms with van der Waals surface area (Å²) >= 11 is 0. The molecule has 0 amide bonds. The maximum Gasteiger partial charge on any atom is 0.434 e. The number of halogens is 4. The standard InChI is InChI=1S/C20H22F4N4O4S/c1-11(2)15-10-27(12-4-5-14(21)16(8-12)33(3,31)32)6-7-28(15)19-25-9-13(18(29)30)17(26-19)20(22,23)24/h4-5,8-9,11,15H,6-7,10H2,1-3H3,(H,29,30)/t15-/m0/s1. The van der Waals surface area contributed by atoms with Crippen molar-refractivity contribution >= 4 is 27.4 Å². The first-order chi connectivity index (χ1) is 15.2. The molecule has 1 atom stereocenters. The number of rotatable bonds is 5. The molecule has 1 N–H and O–H groups in total. The van der Waals surface area contributed by atoms with Crippen LogP contribution >= 0.6 is 0 Å². The Morgan fingerprint density at radius 1 is 1.24 bits per heavy atom. The van der Waals surface area contributed by atoms with Crippen molar-refractivity contribution in [1.29, 1.82) is 0 Å². The number of hydrogen-bond donors (Lipinski definition) is 1. The molecule has 1 fully saturated rings. The molecule has 1 aromatic heterocycles. The Morgan fingerprint density at radius 2 is 1.91 bits per heavy atom. The lowest BCUT2D eigenvalue weighted by atomic mass is 9.99. The number of aromatic nitrogens is 2. The van der Waals surface area contributed by atoms with Crippen molar-refractivity contribution in [2.24, 2.45) is 5.92 Å². The number of aromatic carboxylic acids is 1. The van der Waals surface area contributed by atoms with Crippen LogP contribution in [0.4, 0.5) is 29.2 Å². The van der Waals surface area contributed by atoms with Crippen LogP contribution in [-0.4, -0.2) is 61.4 Å². The highest BCUT2D eigenvalue weighted by Crippen LogP contribution is 2.33. The van der Waals surface area contributed by atoms with E-state index in [4.69, 9.17) is 5.11 Å². The molecule has 0 spiro atoms. The molecule has 0 unspecified atom stereocenters. The highest BCUT2D eigenvalue weighted by Gasteiger charge is 2.40. The zero-order chi connectivity index (χ0) is 24.7. The fraction of sp³-hybridized carbons (Fsp3) is 0.450. The quantitative estimate of drug-likeness (QED) is 0.638. The van der Waals surface area contributed by atoms with Crippen LogP contribution in [0.3, 0.4) is 0 Å². The first kappa shape index (κ1) is 24.7. The molecule has 2 heterocycles. The van der Waals surface area contributed by atoms with E-state index in [9.17, 15) is 30.8 Å². The summed E-state index contributed by atoms with van der Waals surface area (Å²) in [5.74, 6) is -2.98. The lowest BCUT2D eigenvalue weighted by Crippen LogP contribution is -2.56. The summed E-state index contributed by atoms with van der Waals surface area (Å²) in [5.41, 5.74) is -2.10. The summed E-state index contributed by atoms with van der Waals surface area (Å²) in [4.78, 5) is 21.5. The van der Waals surface area contributed by atoms with E-state index in [1.54, 1.807) is 4.90 Å². The molecule has 33 heavy (non-hydrogen) atoms. The van der Waals surface area contributed by atoms with E-state index in [2.05, 4.69) is 9.97 Å². The van der Waals surface area contributed by atoms with Crippen LogP contribution in [0.2, 0.25) is 0 Å². The molecule has 0 bridgehead atoms. The molecule has 1 aromatic carbocycles. The normalized spacial score (nSPS) is 17.5. The van der Waals surface area contributed by atoms with Crippen LogP contribution in [0.5, 0.6) is 0 Å². The molecule has 1 aliphatic rings. The molecule has 0 saturated carbocycles. The molecule has 2 aromatic rings. The smallest absolute Gasteiger partial charge is 0.434 e. The van der Waals surface area contributed by atoms with Crippen LogP contribution in [0.25, 0.3) is 0 Å². The number of alkyl halides is 3. The number of hydrogen-bond acceptors (Lipinski definition) is 7. The lowest BCUT2D eigenvalue weighted by Gasteiger charge is -2.44. The van der Waals surface area contributed by atoms with Gasteiger partial charge in [0.05, 0.1) is 6.04 Å². The molecule has 3 rings (SSSR count). The molecule has 0 radical (unpaired) electrons. The Kier molecular flexibility index (Phi) is 6.55. The first-order valence-corrected chi connectivity index (χ1v) is 11.8. The van der Waals surface area contributed by atoms with E-state index < -0.39 is 44.0 Å². The fourth-order valence-corrected chi connectivity index (χ4v) is 4.48. The number of carboxylic acid groups (broad SMARTS) is 1. The van der Waals surface area contributed by atoms with Gasteiger partial charge in [0.15, 0.2) is 15.5 Å². The number of sulfone groups is 1. The predicted octanol–water partition coefficient (Wildman–Crippen LogP) is 3.09. The third-order valence-electron chi connectivity index (χ3n) is 5.40. The summed E-state index contributed by atoms with van der Waals surface area (Å²) in [6, 6.07) is 3.35. The van der Waals surface area contributed by atoms with Gasteiger partial charge in [0.1, 0.15) is 16.3 Å². The van der Waals surface area contributed by atoms with Crippen LogP contribution in [0.15, 0.2) is 29.3 Å². The van der Waals surface area contributed by atoms with Gasteiger partial charge in [0.25, 0.3) is 0 Å². The average Bonchev–Trinajstić information content (AvgIpc) is 2.71. The number of benzene rings is 1. The Balaban J connectivity index is 1.96. The third kappa shape index (κ3) is 5.18. The van der Waals surface area contributed by atoms with Gasteiger partial charge < -0.3 is 14.9 Å². The topological polar surface area (TPSA) is 104 Å². The molecule has 8 nitrogen and oxygen atoms in total. The van der Waals surface area contributed by atoms with Crippen molar-refractivity contribution in [3.05, 3.63) is 41.5 Å². The average molecular weight is 490 g/mol. The lowest BCUT2D eigenvalue weighted by molar-refractivity contribution is -0.141. The number of carboxylic acids is 1. The number of piperazine rings is 1. The zero-order valence-corrected chi connectivity index (χ0v) is 18.8. The minimum Gasteiger partial charge on any atom is -0.478 e. The van der Waals surface area contributed by atoms with Crippen molar-refractivity contribution in [1.82, 2.24) is 9.97 Å². The van der Waals surface area contributed by atoms with E-state index in [1.165, 1.54) is 12.1 Å². The van der Waals surface area contributed by atoms with Gasteiger partial charge in [-0.25, -0.2) is 27.6 Å². The largest absolute Gasteiger partial charge is 0.478 e. The van der Waals surface area contributed by atoms with E-state index in [-0.39, 0.29) is 37.5 Å². The van der Waals surface area contributed by atoms with Crippen molar-refractivity contribution in [3.63, 3.8) is 0 Å². The van der Waals surface area contributed by atoms with Crippen LogP contribution in [0, 0.1) is 11.7 Å². The van der Waals surface area contributed by atoms with Crippen LogP contribution < -0.4 is 9.80 Å². The number of anilines is 2. The Morgan fingerprint density at radius 3 is 2.45 bits per heavy atom. The van der Waals surface area contributed by atoms with Crippen LogP contribution in [0.1, 0.15) is 29.9 Å². The van der Waals surface area contributed by atoms with Gasteiger partial charge in [-0.05, 0) is 24.1 Å². The minimum atomic E-state index is -4.98. The van der Waals surface area contributed by atoms with E-state index >= 15 is 0 Å². The molecule has 0 aliphatic carbocycles. The van der Waals surface area contributed by atoms with Gasteiger partial charge in [-0.2, -0.15) is 13.2 Å². The maximum absolute atomic E-state index is 14.0.